The van der Waals surface area contributed by atoms with E-state index in [-0.39, 0.29) is 10.6 Å². The van der Waals surface area contributed by atoms with Crippen LogP contribution >= 0.6 is 11.3 Å². The monoisotopic (exact) mass is 533 g/mol. The quantitative estimate of drug-likeness (QED) is 0.137. The second-order valence-electron chi connectivity index (χ2n) is 7.87. The van der Waals surface area contributed by atoms with Crippen LogP contribution in [0.25, 0.3) is 10.6 Å². The first-order valence-electron chi connectivity index (χ1n) is 10.8. The number of carbonyl (C=O) groups excluding carboxylic acids is 1. The van der Waals surface area contributed by atoms with E-state index in [9.17, 15) is 18.4 Å². The summed E-state index contributed by atoms with van der Waals surface area (Å²) in [6.45, 7) is 1.61. The summed E-state index contributed by atoms with van der Waals surface area (Å²) in [7, 11) is -2.31. The molecule has 2 atom stereocenters. The fraction of sp³-hybridized carbons (Fsp3) is 0.217. The zero-order valence-electron chi connectivity index (χ0n) is 19.8. The summed E-state index contributed by atoms with van der Waals surface area (Å²) >= 11 is 1.10. The third kappa shape index (κ3) is 6.87. The summed E-state index contributed by atoms with van der Waals surface area (Å²) in [5.41, 5.74) is 7.28. The van der Waals surface area contributed by atoms with Crippen LogP contribution in [0.4, 0.5) is 0 Å². The van der Waals surface area contributed by atoms with Gasteiger partial charge < -0.3 is 10.5 Å². The Hall–Kier alpha value is -3.33. The average molecular weight is 534 g/mol. The number of hydrogen-bond acceptors (Lipinski definition) is 9. The number of benzene rings is 1. The minimum Gasteiger partial charge on any atom is -0.497 e. The fourth-order valence-corrected chi connectivity index (χ4v) is 5.81. The molecule has 0 spiro atoms. The van der Waals surface area contributed by atoms with Crippen LogP contribution < -0.4 is 26.5 Å². The summed E-state index contributed by atoms with van der Waals surface area (Å²) in [6.07, 6.45) is 3.17. The number of aromatic nitrogens is 1. The maximum Gasteiger partial charge on any atom is 0.267 e. The van der Waals surface area contributed by atoms with Gasteiger partial charge in [0, 0.05) is 12.6 Å². The van der Waals surface area contributed by atoms with Crippen LogP contribution in [-0.4, -0.2) is 48.7 Å². The number of pyridine rings is 1. The highest BCUT2D eigenvalue weighted by Gasteiger charge is 2.26. The number of hydrogen-bond donors (Lipinski definition) is 5. The lowest BCUT2D eigenvalue weighted by Crippen LogP contribution is -2.58. The third-order valence-corrected chi connectivity index (χ3v) is 8.47. The molecule has 0 bridgehead atoms. The Morgan fingerprint density at radius 2 is 1.97 bits per heavy atom. The number of carbonyl (C=O) groups is 1. The van der Waals surface area contributed by atoms with Gasteiger partial charge in [0.1, 0.15) is 21.7 Å². The molecular formula is C23H29N6O5S2+. The molecule has 3 rings (SSSR count). The number of quaternary nitrogens is 1. The van der Waals surface area contributed by atoms with Crippen molar-refractivity contribution in [3.63, 3.8) is 0 Å². The molecule has 0 radical (unpaired) electrons. The highest BCUT2D eigenvalue weighted by Crippen LogP contribution is 2.29. The molecule has 2 heterocycles. The van der Waals surface area contributed by atoms with Gasteiger partial charge in [-0.05, 0) is 48.9 Å². The van der Waals surface area contributed by atoms with Gasteiger partial charge in [0.05, 0.1) is 29.9 Å². The number of methoxy groups -OCH3 is 1. The first-order valence-corrected chi connectivity index (χ1v) is 13.1. The zero-order chi connectivity index (χ0) is 26.3. The van der Waals surface area contributed by atoms with Gasteiger partial charge in [0.15, 0.2) is 0 Å². The number of nitrogens with one attached hydrogen (secondary N) is 2. The van der Waals surface area contributed by atoms with Gasteiger partial charge in [0.25, 0.3) is 15.9 Å². The van der Waals surface area contributed by atoms with Crippen LogP contribution in [0.1, 0.15) is 12.5 Å². The van der Waals surface area contributed by atoms with Crippen LogP contribution in [0, 0.1) is 0 Å². The van der Waals surface area contributed by atoms with E-state index in [1.165, 1.54) is 12.3 Å². The minimum absolute atomic E-state index is 0.129. The van der Waals surface area contributed by atoms with Gasteiger partial charge in [0.2, 0.25) is 0 Å². The molecular weight excluding hydrogens is 504 g/mol. The first-order chi connectivity index (χ1) is 17.1. The molecule has 0 saturated carbocycles. The maximum atomic E-state index is 12.9. The molecule has 1 amide bonds. The van der Waals surface area contributed by atoms with E-state index in [1.807, 2.05) is 6.07 Å². The lowest BCUT2D eigenvalue weighted by atomic mass is 10.0. The number of thiophene rings is 1. The number of sulfonamides is 1. The lowest BCUT2D eigenvalue weighted by Gasteiger charge is -2.25. The predicted molar refractivity (Wildman–Crippen MR) is 135 cm³/mol. The van der Waals surface area contributed by atoms with Gasteiger partial charge in [-0.15, -0.1) is 11.3 Å². The number of hydroxylamine groups is 1. The van der Waals surface area contributed by atoms with Gasteiger partial charge >= 0.3 is 0 Å². The van der Waals surface area contributed by atoms with Crippen molar-refractivity contribution in [1.82, 2.24) is 20.2 Å². The van der Waals surface area contributed by atoms with Crippen molar-refractivity contribution in [2.45, 2.75) is 29.6 Å². The summed E-state index contributed by atoms with van der Waals surface area (Å²) in [5.74, 6) is 6.05. The largest absolute Gasteiger partial charge is 0.497 e. The maximum absolute atomic E-state index is 12.9. The van der Waals surface area contributed by atoms with Gasteiger partial charge in [-0.3, -0.25) is 20.0 Å². The molecule has 0 unspecified atom stereocenters. The predicted octanol–water partition coefficient (Wildman–Crippen LogP) is 0.861. The molecule has 0 saturated heterocycles. The lowest BCUT2D eigenvalue weighted by molar-refractivity contribution is -0.311. The zero-order valence-corrected chi connectivity index (χ0v) is 21.4. The Morgan fingerprint density at radius 3 is 2.58 bits per heavy atom. The second kappa shape index (κ2) is 12.1. The smallest absolute Gasteiger partial charge is 0.267 e. The van der Waals surface area contributed by atoms with Crippen LogP contribution in [0.2, 0.25) is 0 Å². The SMILES string of the molecule is COc1ccc(C[C@@H](C(=O)NO)N(N)/C=C(\[NH3+])[C@@H](C)NS(=O)(=O)c2ccc(-c3ccccn3)s2)cc1. The van der Waals surface area contributed by atoms with Crippen molar-refractivity contribution >= 4 is 27.3 Å². The summed E-state index contributed by atoms with van der Waals surface area (Å²) in [6, 6.07) is 13.9. The van der Waals surface area contributed by atoms with E-state index in [1.54, 1.807) is 68.2 Å². The highest BCUT2D eigenvalue weighted by molar-refractivity contribution is 7.91. The Bertz CT molecular complexity index is 1300. The molecule has 0 aliphatic rings. The van der Waals surface area contributed by atoms with Crippen molar-refractivity contribution < 1.29 is 28.9 Å². The molecule has 3 aromatic rings. The minimum atomic E-state index is -3.85. The number of hydrazine groups is 1. The second-order valence-corrected chi connectivity index (χ2v) is 10.9. The van der Waals surface area contributed by atoms with Crippen molar-refractivity contribution in [3.8, 4) is 16.3 Å². The van der Waals surface area contributed by atoms with E-state index in [4.69, 9.17) is 10.6 Å². The van der Waals surface area contributed by atoms with Crippen LogP contribution in [0.3, 0.4) is 0 Å². The van der Waals surface area contributed by atoms with E-state index >= 15 is 0 Å². The van der Waals surface area contributed by atoms with Crippen LogP contribution in [0.5, 0.6) is 5.75 Å². The highest BCUT2D eigenvalue weighted by atomic mass is 32.2. The van der Waals surface area contributed by atoms with E-state index in [0.717, 1.165) is 26.8 Å². The Labute approximate surface area is 213 Å². The van der Waals surface area contributed by atoms with E-state index in [2.05, 4.69) is 15.4 Å². The molecule has 0 aliphatic heterocycles. The normalized spacial score (nSPS) is 13.6. The van der Waals surface area contributed by atoms with Crippen LogP contribution in [0.15, 0.2) is 76.9 Å². The molecule has 8 N–H and O–H groups in total. The number of nitrogens with two attached hydrogens (primary N) is 1. The molecule has 0 fully saturated rings. The van der Waals surface area contributed by atoms with Crippen molar-refractivity contribution in [1.29, 1.82) is 0 Å². The molecule has 0 aliphatic carbocycles. The number of nitrogens with zero attached hydrogens (tertiary/aromatic N) is 2. The molecule has 13 heteroatoms. The Kier molecular flexibility index (Phi) is 9.14. The van der Waals surface area contributed by atoms with Crippen molar-refractivity contribution in [2.24, 2.45) is 5.84 Å². The van der Waals surface area contributed by atoms with E-state index in [0.29, 0.717) is 17.1 Å². The summed E-state index contributed by atoms with van der Waals surface area (Å²) in [5, 5.41) is 10.3. The summed E-state index contributed by atoms with van der Waals surface area (Å²) < 4.78 is 33.7. The average Bonchev–Trinajstić information content (AvgIpc) is 3.39. The van der Waals surface area contributed by atoms with Crippen molar-refractivity contribution in [2.75, 3.05) is 7.11 Å². The van der Waals surface area contributed by atoms with Gasteiger partial charge in [-0.25, -0.2) is 19.7 Å². The number of ether oxygens (including phenoxy) is 1. The Morgan fingerprint density at radius 1 is 1.25 bits per heavy atom. The molecule has 2 aromatic heterocycles. The summed E-state index contributed by atoms with van der Waals surface area (Å²) in [4.78, 5) is 17.3. The topological polar surface area (TPSA) is 175 Å². The molecule has 1 aromatic carbocycles. The first kappa shape index (κ1) is 27.3. The number of amides is 1. The Balaban J connectivity index is 1.72. The standard InChI is InChI=1S/C23H28N6O5S2/c1-15(28-36(32,33)22-11-10-21(35-22)19-5-3-4-12-26-19)18(24)14-29(25)20(23(30)27-31)13-16-6-8-17(34-2)9-7-16/h3-12,14-15,20,28,31H,13,24-25H2,1-2H3,(H,27,30)/p+1/b18-14-/t15-,20+/m1/s1. The molecule has 192 valence electrons. The van der Waals surface area contributed by atoms with Crippen molar-refractivity contribution in [3.05, 3.63) is 78.3 Å². The van der Waals surface area contributed by atoms with Gasteiger partial charge in [-0.1, -0.05) is 18.2 Å². The van der Waals surface area contributed by atoms with Crippen LogP contribution in [-0.2, 0) is 21.2 Å². The fourth-order valence-electron chi connectivity index (χ4n) is 3.26. The molecule has 36 heavy (non-hydrogen) atoms. The van der Waals surface area contributed by atoms with Gasteiger partial charge in [-0.2, -0.15) is 4.72 Å². The number of rotatable bonds is 11. The molecule has 11 nitrogen and oxygen atoms in total. The van der Waals surface area contributed by atoms with E-state index < -0.39 is 28.0 Å². The third-order valence-electron chi connectivity index (χ3n) is 5.33.